The molecule has 0 amide bonds. The number of hydrogen-bond donors (Lipinski definition) is 1. The quantitative estimate of drug-likeness (QED) is 0.759. The summed E-state index contributed by atoms with van der Waals surface area (Å²) in [6.07, 6.45) is 12.4. The first-order valence-electron chi connectivity index (χ1n) is 6.76. The molecule has 2 aliphatic carbocycles. The predicted molar refractivity (Wildman–Crippen MR) is 64.9 cm³/mol. The third kappa shape index (κ3) is 2.73. The number of hydrogen-bond acceptors (Lipinski definition) is 2. The average Bonchev–Trinajstić information content (AvgIpc) is 2.30. The molecule has 2 fully saturated rings. The van der Waals surface area contributed by atoms with E-state index in [0.29, 0.717) is 12.1 Å². The van der Waals surface area contributed by atoms with Gasteiger partial charge in [-0.05, 0) is 32.7 Å². The Morgan fingerprint density at radius 1 is 0.867 bits per heavy atom. The Kier molecular flexibility index (Phi) is 4.04. The van der Waals surface area contributed by atoms with Gasteiger partial charge in [0.15, 0.2) is 0 Å². The van der Waals surface area contributed by atoms with Gasteiger partial charge < -0.3 is 5.73 Å². The zero-order valence-electron chi connectivity index (χ0n) is 10.1. The molecule has 0 aromatic rings. The largest absolute Gasteiger partial charge is 0.326 e. The van der Waals surface area contributed by atoms with Gasteiger partial charge in [0, 0.05) is 18.1 Å². The summed E-state index contributed by atoms with van der Waals surface area (Å²) in [5.74, 6) is 0. The Bertz CT molecular complexity index is 187. The lowest BCUT2D eigenvalue weighted by Crippen LogP contribution is -2.52. The fourth-order valence-corrected chi connectivity index (χ4v) is 3.40. The van der Waals surface area contributed by atoms with Crippen LogP contribution in [0.3, 0.4) is 0 Å². The lowest BCUT2D eigenvalue weighted by molar-refractivity contribution is 0.0971. The zero-order chi connectivity index (χ0) is 10.7. The predicted octanol–water partition coefficient (Wildman–Crippen LogP) is 2.52. The second-order valence-electron chi connectivity index (χ2n) is 5.47. The molecule has 2 atom stereocenters. The van der Waals surface area contributed by atoms with Crippen molar-refractivity contribution in [3.05, 3.63) is 0 Å². The summed E-state index contributed by atoms with van der Waals surface area (Å²) in [5, 5.41) is 0. The van der Waals surface area contributed by atoms with E-state index in [-0.39, 0.29) is 0 Å². The van der Waals surface area contributed by atoms with Gasteiger partial charge in [0.25, 0.3) is 0 Å². The van der Waals surface area contributed by atoms with E-state index in [0.717, 1.165) is 6.04 Å². The maximum atomic E-state index is 6.24. The molecule has 0 aliphatic heterocycles. The van der Waals surface area contributed by atoms with Crippen LogP contribution in [0, 0.1) is 0 Å². The van der Waals surface area contributed by atoms with Crippen molar-refractivity contribution in [2.75, 3.05) is 7.05 Å². The monoisotopic (exact) mass is 210 g/mol. The molecule has 2 rings (SSSR count). The highest BCUT2D eigenvalue weighted by Crippen LogP contribution is 2.28. The van der Waals surface area contributed by atoms with Crippen LogP contribution in [0.1, 0.15) is 57.8 Å². The lowest BCUT2D eigenvalue weighted by atomic mass is 9.86. The van der Waals surface area contributed by atoms with E-state index in [1.807, 2.05) is 0 Å². The molecule has 0 aromatic carbocycles. The minimum absolute atomic E-state index is 0.436. The zero-order valence-corrected chi connectivity index (χ0v) is 10.1. The standard InChI is InChI=1S/C13H26N2/c1-15(11-7-3-2-4-8-11)13-10-6-5-9-12(13)14/h11-13H,2-10,14H2,1H3. The van der Waals surface area contributed by atoms with Gasteiger partial charge in [-0.25, -0.2) is 0 Å². The van der Waals surface area contributed by atoms with Crippen molar-refractivity contribution >= 4 is 0 Å². The van der Waals surface area contributed by atoms with E-state index < -0.39 is 0 Å². The SMILES string of the molecule is CN(C1CCCCC1)C1CCCCC1N. The molecule has 2 unspecified atom stereocenters. The first kappa shape index (κ1) is 11.4. The lowest BCUT2D eigenvalue weighted by Gasteiger charge is -2.42. The second-order valence-corrected chi connectivity index (χ2v) is 5.47. The minimum atomic E-state index is 0.436. The molecule has 2 N–H and O–H groups in total. The van der Waals surface area contributed by atoms with Crippen molar-refractivity contribution in [3.63, 3.8) is 0 Å². The van der Waals surface area contributed by atoms with Crippen LogP contribution in [0.4, 0.5) is 0 Å². The number of nitrogens with two attached hydrogens (primary N) is 1. The number of likely N-dealkylation sites (N-methyl/N-ethyl adjacent to an activating group) is 1. The van der Waals surface area contributed by atoms with Crippen molar-refractivity contribution in [2.45, 2.75) is 75.9 Å². The fraction of sp³-hybridized carbons (Fsp3) is 1.00. The van der Waals surface area contributed by atoms with Crippen molar-refractivity contribution in [1.82, 2.24) is 4.90 Å². The van der Waals surface area contributed by atoms with Gasteiger partial charge in [-0.15, -0.1) is 0 Å². The van der Waals surface area contributed by atoms with E-state index in [1.54, 1.807) is 0 Å². The van der Waals surface area contributed by atoms with Gasteiger partial charge in [0.05, 0.1) is 0 Å². The van der Waals surface area contributed by atoms with Crippen LogP contribution in [-0.2, 0) is 0 Å². The van der Waals surface area contributed by atoms with E-state index in [9.17, 15) is 0 Å². The second kappa shape index (κ2) is 5.31. The summed E-state index contributed by atoms with van der Waals surface area (Å²) >= 11 is 0. The highest BCUT2D eigenvalue weighted by Gasteiger charge is 2.30. The van der Waals surface area contributed by atoms with Crippen molar-refractivity contribution in [1.29, 1.82) is 0 Å². The van der Waals surface area contributed by atoms with Crippen LogP contribution >= 0.6 is 0 Å². The molecule has 2 aliphatic rings. The summed E-state index contributed by atoms with van der Waals surface area (Å²) < 4.78 is 0. The molecule has 2 nitrogen and oxygen atoms in total. The van der Waals surface area contributed by atoms with Gasteiger partial charge in [0.2, 0.25) is 0 Å². The minimum Gasteiger partial charge on any atom is -0.326 e. The number of nitrogens with zero attached hydrogens (tertiary/aromatic N) is 1. The molecule has 0 aromatic heterocycles. The molecule has 2 saturated carbocycles. The van der Waals surface area contributed by atoms with Crippen molar-refractivity contribution in [3.8, 4) is 0 Å². The highest BCUT2D eigenvalue weighted by molar-refractivity contribution is 4.88. The molecule has 15 heavy (non-hydrogen) atoms. The summed E-state index contributed by atoms with van der Waals surface area (Å²) in [7, 11) is 2.31. The highest BCUT2D eigenvalue weighted by atomic mass is 15.2. The van der Waals surface area contributed by atoms with Gasteiger partial charge >= 0.3 is 0 Å². The van der Waals surface area contributed by atoms with Gasteiger partial charge in [-0.1, -0.05) is 32.1 Å². The van der Waals surface area contributed by atoms with Gasteiger partial charge in [-0.3, -0.25) is 4.90 Å². The van der Waals surface area contributed by atoms with Crippen LogP contribution in [-0.4, -0.2) is 30.1 Å². The normalized spacial score (nSPS) is 34.6. The third-order valence-corrected chi connectivity index (χ3v) is 4.46. The van der Waals surface area contributed by atoms with Crippen LogP contribution in [0.15, 0.2) is 0 Å². The van der Waals surface area contributed by atoms with Crippen LogP contribution < -0.4 is 5.73 Å². The average molecular weight is 210 g/mol. The maximum Gasteiger partial charge on any atom is 0.0247 e. The van der Waals surface area contributed by atoms with Crippen molar-refractivity contribution < 1.29 is 0 Å². The molecule has 0 saturated heterocycles. The summed E-state index contributed by atoms with van der Waals surface area (Å²) in [6, 6.07) is 1.93. The van der Waals surface area contributed by atoms with Crippen LogP contribution in [0.5, 0.6) is 0 Å². The molecule has 2 heteroatoms. The Hall–Kier alpha value is -0.0800. The molecule has 0 heterocycles. The Morgan fingerprint density at radius 2 is 1.47 bits per heavy atom. The third-order valence-electron chi connectivity index (χ3n) is 4.46. The molecule has 0 radical (unpaired) electrons. The van der Waals surface area contributed by atoms with Crippen LogP contribution in [0.2, 0.25) is 0 Å². The van der Waals surface area contributed by atoms with Gasteiger partial charge in [-0.2, -0.15) is 0 Å². The van der Waals surface area contributed by atoms with Crippen molar-refractivity contribution in [2.24, 2.45) is 5.73 Å². The van der Waals surface area contributed by atoms with E-state index in [2.05, 4.69) is 11.9 Å². The molecule has 88 valence electrons. The fourth-order valence-electron chi connectivity index (χ4n) is 3.40. The molecule has 0 spiro atoms. The Balaban J connectivity index is 1.89. The van der Waals surface area contributed by atoms with E-state index in [4.69, 9.17) is 5.73 Å². The first-order chi connectivity index (χ1) is 7.29. The number of rotatable bonds is 2. The maximum absolute atomic E-state index is 6.24. The Labute approximate surface area is 94.2 Å². The molecule has 0 bridgehead atoms. The Morgan fingerprint density at radius 3 is 2.13 bits per heavy atom. The van der Waals surface area contributed by atoms with E-state index in [1.165, 1.54) is 57.8 Å². The molecular formula is C13H26N2. The van der Waals surface area contributed by atoms with E-state index >= 15 is 0 Å². The summed E-state index contributed by atoms with van der Waals surface area (Å²) in [4.78, 5) is 2.61. The summed E-state index contributed by atoms with van der Waals surface area (Å²) in [5.41, 5.74) is 6.24. The van der Waals surface area contributed by atoms with Gasteiger partial charge in [0.1, 0.15) is 0 Å². The molecular weight excluding hydrogens is 184 g/mol. The van der Waals surface area contributed by atoms with Crippen LogP contribution in [0.25, 0.3) is 0 Å². The smallest absolute Gasteiger partial charge is 0.0247 e. The summed E-state index contributed by atoms with van der Waals surface area (Å²) in [6.45, 7) is 0. The first-order valence-corrected chi connectivity index (χ1v) is 6.76. The topological polar surface area (TPSA) is 29.3 Å².